The van der Waals surface area contributed by atoms with Crippen LogP contribution in [0.1, 0.15) is 21.5 Å². The average molecular weight is 353 g/mol. The van der Waals surface area contributed by atoms with E-state index >= 15 is 0 Å². The van der Waals surface area contributed by atoms with Crippen molar-refractivity contribution in [3.05, 3.63) is 58.1 Å². The first-order valence-corrected chi connectivity index (χ1v) is 8.72. The Balaban J connectivity index is 2.42. The van der Waals surface area contributed by atoms with E-state index in [9.17, 15) is 13.2 Å². The zero-order valence-electron chi connectivity index (χ0n) is 13.0. The first-order valence-electron chi connectivity index (χ1n) is 6.86. The van der Waals surface area contributed by atoms with E-state index in [0.717, 1.165) is 11.1 Å². The summed E-state index contributed by atoms with van der Waals surface area (Å²) in [6, 6.07) is 9.36. The van der Waals surface area contributed by atoms with E-state index in [1.165, 1.54) is 25.2 Å². The Morgan fingerprint density at radius 3 is 2.35 bits per heavy atom. The van der Waals surface area contributed by atoms with E-state index in [2.05, 4.69) is 10.0 Å². The topological polar surface area (TPSA) is 75.3 Å². The van der Waals surface area contributed by atoms with E-state index in [1.807, 2.05) is 19.9 Å². The lowest BCUT2D eigenvalue weighted by molar-refractivity contribution is 0.0963. The molecule has 0 radical (unpaired) electrons. The number of aryl methyl sites for hydroxylation is 2. The molecule has 0 saturated carbocycles. The van der Waals surface area contributed by atoms with Gasteiger partial charge in [0.25, 0.3) is 15.9 Å². The van der Waals surface area contributed by atoms with Gasteiger partial charge in [0.15, 0.2) is 0 Å². The largest absolute Gasteiger partial charge is 0.355 e. The van der Waals surface area contributed by atoms with Crippen molar-refractivity contribution in [3.8, 4) is 0 Å². The summed E-state index contributed by atoms with van der Waals surface area (Å²) in [6.45, 7) is 3.84. The van der Waals surface area contributed by atoms with Crippen molar-refractivity contribution in [1.82, 2.24) is 5.32 Å². The van der Waals surface area contributed by atoms with E-state index in [-0.39, 0.29) is 21.4 Å². The van der Waals surface area contributed by atoms with Crippen molar-refractivity contribution in [1.29, 1.82) is 0 Å². The lowest BCUT2D eigenvalue weighted by Gasteiger charge is -2.12. The number of amides is 1. The van der Waals surface area contributed by atoms with Gasteiger partial charge in [0, 0.05) is 18.3 Å². The standard InChI is InChI=1S/C16H17ClN2O3S/c1-10-4-6-13(8-11(10)2)19-23(21,22)15-9-12(16(20)18-3)5-7-14(15)17/h4-9,19H,1-3H3,(H,18,20). The second-order valence-electron chi connectivity index (χ2n) is 5.13. The van der Waals surface area contributed by atoms with Crippen LogP contribution in [0.15, 0.2) is 41.3 Å². The molecule has 0 aromatic heterocycles. The van der Waals surface area contributed by atoms with Gasteiger partial charge in [-0.15, -0.1) is 0 Å². The second-order valence-corrected chi connectivity index (χ2v) is 7.19. The third-order valence-electron chi connectivity index (χ3n) is 3.47. The molecular formula is C16H17ClN2O3S. The lowest BCUT2D eigenvalue weighted by atomic mass is 10.1. The first kappa shape index (κ1) is 17.3. The van der Waals surface area contributed by atoms with Crippen LogP contribution >= 0.6 is 11.6 Å². The van der Waals surface area contributed by atoms with Crippen LogP contribution in [0.5, 0.6) is 0 Å². The Hall–Kier alpha value is -2.05. The minimum atomic E-state index is -3.90. The predicted octanol–water partition coefficient (Wildman–Crippen LogP) is 3.12. The van der Waals surface area contributed by atoms with Crippen LogP contribution in [-0.2, 0) is 10.0 Å². The van der Waals surface area contributed by atoms with Crippen molar-refractivity contribution >= 4 is 33.2 Å². The number of carbonyl (C=O) groups excluding carboxylic acids is 1. The first-order chi connectivity index (χ1) is 10.7. The number of rotatable bonds is 4. The van der Waals surface area contributed by atoms with Crippen molar-refractivity contribution in [3.63, 3.8) is 0 Å². The van der Waals surface area contributed by atoms with Gasteiger partial charge < -0.3 is 5.32 Å². The second kappa shape index (κ2) is 6.60. The number of carbonyl (C=O) groups is 1. The number of hydrogen-bond donors (Lipinski definition) is 2. The van der Waals surface area contributed by atoms with E-state index in [0.29, 0.717) is 5.69 Å². The Kier molecular flexibility index (Phi) is 4.97. The molecule has 0 saturated heterocycles. The normalized spacial score (nSPS) is 11.1. The lowest BCUT2D eigenvalue weighted by Crippen LogP contribution is -2.19. The Morgan fingerprint density at radius 1 is 1.04 bits per heavy atom. The zero-order chi connectivity index (χ0) is 17.2. The maximum Gasteiger partial charge on any atom is 0.263 e. The predicted molar refractivity (Wildman–Crippen MR) is 91.6 cm³/mol. The number of sulfonamides is 1. The molecule has 0 atom stereocenters. The number of nitrogens with one attached hydrogen (secondary N) is 2. The van der Waals surface area contributed by atoms with Crippen molar-refractivity contribution in [2.45, 2.75) is 18.7 Å². The van der Waals surface area contributed by atoms with Gasteiger partial charge >= 0.3 is 0 Å². The molecule has 0 heterocycles. The van der Waals surface area contributed by atoms with Crippen LogP contribution in [-0.4, -0.2) is 21.4 Å². The molecule has 2 N–H and O–H groups in total. The monoisotopic (exact) mass is 352 g/mol. The minimum Gasteiger partial charge on any atom is -0.355 e. The molecule has 0 aliphatic rings. The van der Waals surface area contributed by atoms with Crippen LogP contribution in [0.3, 0.4) is 0 Å². The Labute approximate surface area is 140 Å². The zero-order valence-corrected chi connectivity index (χ0v) is 14.5. The van der Waals surface area contributed by atoms with Crippen LogP contribution in [0.25, 0.3) is 0 Å². The molecule has 0 bridgehead atoms. The molecule has 0 spiro atoms. The molecule has 0 aliphatic carbocycles. The highest BCUT2D eigenvalue weighted by molar-refractivity contribution is 7.92. The third-order valence-corrected chi connectivity index (χ3v) is 5.33. The quantitative estimate of drug-likeness (QED) is 0.887. The number of halogens is 1. The van der Waals surface area contributed by atoms with Crippen LogP contribution in [0.2, 0.25) is 5.02 Å². The smallest absolute Gasteiger partial charge is 0.263 e. The fourth-order valence-electron chi connectivity index (χ4n) is 2.01. The summed E-state index contributed by atoms with van der Waals surface area (Å²) in [5.41, 5.74) is 2.69. The SMILES string of the molecule is CNC(=O)c1ccc(Cl)c(S(=O)(=O)Nc2ccc(C)c(C)c2)c1. The van der Waals surface area contributed by atoms with Crippen molar-refractivity contribution in [2.24, 2.45) is 0 Å². The van der Waals surface area contributed by atoms with Gasteiger partial charge in [-0.05, 0) is 55.3 Å². The van der Waals surface area contributed by atoms with Crippen LogP contribution < -0.4 is 10.0 Å². The average Bonchev–Trinajstić information content (AvgIpc) is 2.50. The van der Waals surface area contributed by atoms with Gasteiger partial charge in [0.1, 0.15) is 4.90 Å². The highest BCUT2D eigenvalue weighted by Gasteiger charge is 2.20. The summed E-state index contributed by atoms with van der Waals surface area (Å²) in [7, 11) is -2.43. The van der Waals surface area contributed by atoms with Crippen molar-refractivity contribution < 1.29 is 13.2 Å². The van der Waals surface area contributed by atoms with Crippen LogP contribution in [0, 0.1) is 13.8 Å². The molecule has 7 heteroatoms. The molecule has 0 unspecified atom stereocenters. The van der Waals surface area contributed by atoms with Gasteiger partial charge in [0.2, 0.25) is 0 Å². The maximum absolute atomic E-state index is 12.6. The summed E-state index contributed by atoms with van der Waals surface area (Å²) >= 11 is 6.00. The molecule has 0 fully saturated rings. The number of anilines is 1. The molecule has 2 aromatic rings. The summed E-state index contributed by atoms with van der Waals surface area (Å²) in [6.07, 6.45) is 0. The molecule has 122 valence electrons. The van der Waals surface area contributed by atoms with E-state index < -0.39 is 10.0 Å². The highest BCUT2D eigenvalue weighted by Crippen LogP contribution is 2.25. The third kappa shape index (κ3) is 3.83. The van der Waals surface area contributed by atoms with E-state index in [1.54, 1.807) is 12.1 Å². The molecule has 0 aliphatic heterocycles. The van der Waals surface area contributed by atoms with Gasteiger partial charge in [-0.3, -0.25) is 9.52 Å². The fourth-order valence-corrected chi connectivity index (χ4v) is 3.59. The fraction of sp³-hybridized carbons (Fsp3) is 0.188. The molecule has 2 aromatic carbocycles. The number of hydrogen-bond acceptors (Lipinski definition) is 3. The molecule has 2 rings (SSSR count). The van der Waals surface area contributed by atoms with E-state index in [4.69, 9.17) is 11.6 Å². The van der Waals surface area contributed by atoms with Gasteiger partial charge in [-0.25, -0.2) is 8.42 Å². The van der Waals surface area contributed by atoms with Crippen molar-refractivity contribution in [2.75, 3.05) is 11.8 Å². The Bertz CT molecular complexity index is 864. The summed E-state index contributed by atoms with van der Waals surface area (Å²) in [5.74, 6) is -0.385. The van der Waals surface area contributed by atoms with Crippen LogP contribution in [0.4, 0.5) is 5.69 Å². The minimum absolute atomic E-state index is 0.0500. The molecule has 1 amide bonds. The van der Waals surface area contributed by atoms with Gasteiger partial charge in [0.05, 0.1) is 5.02 Å². The summed E-state index contributed by atoms with van der Waals surface area (Å²) < 4.78 is 27.6. The Morgan fingerprint density at radius 2 is 1.74 bits per heavy atom. The maximum atomic E-state index is 12.6. The van der Waals surface area contributed by atoms with Gasteiger partial charge in [-0.1, -0.05) is 17.7 Å². The highest BCUT2D eigenvalue weighted by atomic mass is 35.5. The molecular weight excluding hydrogens is 336 g/mol. The molecule has 23 heavy (non-hydrogen) atoms. The summed E-state index contributed by atoms with van der Waals surface area (Å²) in [4.78, 5) is 11.5. The summed E-state index contributed by atoms with van der Waals surface area (Å²) in [5, 5.41) is 2.50. The van der Waals surface area contributed by atoms with Gasteiger partial charge in [-0.2, -0.15) is 0 Å². The molecule has 5 nitrogen and oxygen atoms in total. The number of benzene rings is 2.